The molecule has 0 atom stereocenters. The molecular formula is C8H19NO. The summed E-state index contributed by atoms with van der Waals surface area (Å²) in [5, 5.41) is 0. The lowest BCUT2D eigenvalue weighted by Crippen LogP contribution is -2.23. The zero-order valence-corrected chi connectivity index (χ0v) is 7.39. The van der Waals surface area contributed by atoms with Gasteiger partial charge >= 0.3 is 0 Å². The number of rotatable bonds is 6. The fourth-order valence-electron chi connectivity index (χ4n) is 0.787. The van der Waals surface area contributed by atoms with Crippen molar-refractivity contribution in [1.82, 2.24) is 4.90 Å². The molecule has 0 unspecified atom stereocenters. The predicted molar refractivity (Wildman–Crippen MR) is 44.3 cm³/mol. The Bertz CT molecular complexity index is 58.3. The maximum Gasteiger partial charge on any atom is 0.0589 e. The lowest BCUT2D eigenvalue weighted by molar-refractivity contribution is 0.160. The number of hydrogen-bond donors (Lipinski definition) is 0. The summed E-state index contributed by atoms with van der Waals surface area (Å²) in [5.74, 6) is 0. The SMILES string of the molecule is CCCCN(C)CCOC. The number of methoxy groups -OCH3 is 1. The maximum absolute atomic E-state index is 4.95. The highest BCUT2D eigenvalue weighted by atomic mass is 16.5. The molecule has 0 aromatic heterocycles. The highest BCUT2D eigenvalue weighted by Gasteiger charge is 1.94. The second kappa shape index (κ2) is 7.03. The van der Waals surface area contributed by atoms with Gasteiger partial charge in [0.05, 0.1) is 6.61 Å². The molecule has 2 heteroatoms. The Kier molecular flexibility index (Phi) is 6.98. The second-order valence-corrected chi connectivity index (χ2v) is 2.65. The van der Waals surface area contributed by atoms with Gasteiger partial charge in [0, 0.05) is 13.7 Å². The van der Waals surface area contributed by atoms with Crippen LogP contribution < -0.4 is 0 Å². The van der Waals surface area contributed by atoms with Gasteiger partial charge in [0.2, 0.25) is 0 Å². The topological polar surface area (TPSA) is 12.5 Å². The van der Waals surface area contributed by atoms with Crippen molar-refractivity contribution in [2.45, 2.75) is 19.8 Å². The third kappa shape index (κ3) is 6.05. The Morgan fingerprint density at radius 3 is 2.50 bits per heavy atom. The number of likely N-dealkylation sites (N-methyl/N-ethyl adjacent to an activating group) is 1. The minimum atomic E-state index is 0.847. The molecule has 0 bridgehead atoms. The molecule has 0 heterocycles. The van der Waals surface area contributed by atoms with Crippen molar-refractivity contribution < 1.29 is 4.74 Å². The van der Waals surface area contributed by atoms with E-state index in [1.54, 1.807) is 7.11 Å². The molecule has 0 rings (SSSR count). The predicted octanol–water partition coefficient (Wildman–Crippen LogP) is 1.36. The Morgan fingerprint density at radius 1 is 1.30 bits per heavy atom. The first-order chi connectivity index (χ1) is 4.81. The molecule has 0 spiro atoms. The van der Waals surface area contributed by atoms with Gasteiger partial charge in [-0.2, -0.15) is 0 Å². The normalized spacial score (nSPS) is 10.8. The molecule has 0 aliphatic rings. The number of hydrogen-bond acceptors (Lipinski definition) is 2. The van der Waals surface area contributed by atoms with Gasteiger partial charge in [-0.25, -0.2) is 0 Å². The van der Waals surface area contributed by atoms with E-state index >= 15 is 0 Å². The Balaban J connectivity index is 3.00. The molecule has 0 aliphatic heterocycles. The molecule has 62 valence electrons. The van der Waals surface area contributed by atoms with Crippen LogP contribution in [0.25, 0.3) is 0 Å². The van der Waals surface area contributed by atoms with Gasteiger partial charge in [-0.05, 0) is 20.0 Å². The summed E-state index contributed by atoms with van der Waals surface area (Å²) < 4.78 is 4.95. The lowest BCUT2D eigenvalue weighted by Gasteiger charge is -2.14. The summed E-state index contributed by atoms with van der Waals surface area (Å²) in [6.45, 7) is 5.31. The molecule has 10 heavy (non-hydrogen) atoms. The van der Waals surface area contributed by atoms with Crippen molar-refractivity contribution in [3.63, 3.8) is 0 Å². The minimum absolute atomic E-state index is 0.847. The van der Waals surface area contributed by atoms with Crippen molar-refractivity contribution in [3.8, 4) is 0 Å². The molecule has 0 radical (unpaired) electrons. The Labute approximate surface area is 64.2 Å². The van der Waals surface area contributed by atoms with Crippen LogP contribution in [-0.4, -0.2) is 38.8 Å². The zero-order valence-electron chi connectivity index (χ0n) is 7.39. The molecule has 0 saturated heterocycles. The van der Waals surface area contributed by atoms with Crippen molar-refractivity contribution >= 4 is 0 Å². The van der Waals surface area contributed by atoms with Gasteiger partial charge in [0.1, 0.15) is 0 Å². The molecule has 0 saturated carbocycles. The second-order valence-electron chi connectivity index (χ2n) is 2.65. The van der Waals surface area contributed by atoms with E-state index in [0.29, 0.717) is 0 Å². The van der Waals surface area contributed by atoms with Crippen LogP contribution in [0.3, 0.4) is 0 Å². The van der Waals surface area contributed by atoms with E-state index in [0.717, 1.165) is 13.2 Å². The maximum atomic E-state index is 4.95. The summed E-state index contributed by atoms with van der Waals surface area (Å²) in [6, 6.07) is 0. The van der Waals surface area contributed by atoms with Crippen LogP contribution in [0, 0.1) is 0 Å². The van der Waals surface area contributed by atoms with Gasteiger partial charge in [-0.3, -0.25) is 0 Å². The molecule has 0 aliphatic carbocycles. The summed E-state index contributed by atoms with van der Waals surface area (Å²) in [7, 11) is 3.88. The van der Waals surface area contributed by atoms with Crippen molar-refractivity contribution in [1.29, 1.82) is 0 Å². The minimum Gasteiger partial charge on any atom is -0.383 e. The van der Waals surface area contributed by atoms with Crippen molar-refractivity contribution in [2.24, 2.45) is 0 Å². The van der Waals surface area contributed by atoms with E-state index in [9.17, 15) is 0 Å². The smallest absolute Gasteiger partial charge is 0.0589 e. The van der Waals surface area contributed by atoms with E-state index in [4.69, 9.17) is 4.74 Å². The molecular weight excluding hydrogens is 126 g/mol. The Morgan fingerprint density at radius 2 is 2.00 bits per heavy atom. The van der Waals surface area contributed by atoms with Gasteiger partial charge in [0.15, 0.2) is 0 Å². The van der Waals surface area contributed by atoms with Crippen LogP contribution >= 0.6 is 0 Å². The lowest BCUT2D eigenvalue weighted by atomic mass is 10.3. The van der Waals surface area contributed by atoms with Gasteiger partial charge in [-0.1, -0.05) is 13.3 Å². The fraction of sp³-hybridized carbons (Fsp3) is 1.00. The first-order valence-corrected chi connectivity index (χ1v) is 3.98. The summed E-state index contributed by atoms with van der Waals surface area (Å²) >= 11 is 0. The monoisotopic (exact) mass is 145 g/mol. The van der Waals surface area contributed by atoms with E-state index in [1.807, 2.05) is 0 Å². The van der Waals surface area contributed by atoms with Crippen LogP contribution in [0.1, 0.15) is 19.8 Å². The molecule has 0 N–H and O–H groups in total. The quantitative estimate of drug-likeness (QED) is 0.559. The van der Waals surface area contributed by atoms with Crippen LogP contribution in [0.4, 0.5) is 0 Å². The molecule has 2 nitrogen and oxygen atoms in total. The standard InChI is InChI=1S/C8H19NO/c1-4-5-6-9(2)7-8-10-3/h4-8H2,1-3H3. The van der Waals surface area contributed by atoms with Crippen LogP contribution in [-0.2, 0) is 4.74 Å². The summed E-state index contributed by atoms with van der Waals surface area (Å²) in [4.78, 5) is 2.30. The average molecular weight is 145 g/mol. The van der Waals surface area contributed by atoms with E-state index in [2.05, 4.69) is 18.9 Å². The van der Waals surface area contributed by atoms with Crippen LogP contribution in [0.15, 0.2) is 0 Å². The highest BCUT2D eigenvalue weighted by Crippen LogP contribution is 1.90. The molecule has 0 amide bonds. The van der Waals surface area contributed by atoms with Crippen molar-refractivity contribution in [2.75, 3.05) is 33.9 Å². The first-order valence-electron chi connectivity index (χ1n) is 3.98. The number of nitrogens with zero attached hydrogens (tertiary/aromatic N) is 1. The van der Waals surface area contributed by atoms with Gasteiger partial charge in [0.25, 0.3) is 0 Å². The van der Waals surface area contributed by atoms with Crippen LogP contribution in [0.5, 0.6) is 0 Å². The van der Waals surface area contributed by atoms with Gasteiger partial charge < -0.3 is 9.64 Å². The Hall–Kier alpha value is -0.0800. The van der Waals surface area contributed by atoms with E-state index < -0.39 is 0 Å². The number of unbranched alkanes of at least 4 members (excludes halogenated alkanes) is 1. The van der Waals surface area contributed by atoms with Crippen molar-refractivity contribution in [3.05, 3.63) is 0 Å². The molecule has 0 aromatic rings. The van der Waals surface area contributed by atoms with Gasteiger partial charge in [-0.15, -0.1) is 0 Å². The average Bonchev–Trinajstić information content (AvgIpc) is 1.97. The molecule has 0 aromatic carbocycles. The first kappa shape index (κ1) is 9.92. The zero-order chi connectivity index (χ0) is 7.82. The number of ether oxygens (including phenoxy) is 1. The van der Waals surface area contributed by atoms with E-state index in [1.165, 1.54) is 19.4 Å². The molecule has 0 fully saturated rings. The van der Waals surface area contributed by atoms with Crippen LogP contribution in [0.2, 0.25) is 0 Å². The summed E-state index contributed by atoms with van der Waals surface area (Å²) in [5.41, 5.74) is 0. The highest BCUT2D eigenvalue weighted by molar-refractivity contribution is 4.48. The third-order valence-electron chi connectivity index (χ3n) is 1.57. The van der Waals surface area contributed by atoms with E-state index in [-0.39, 0.29) is 0 Å². The fourth-order valence-corrected chi connectivity index (χ4v) is 0.787. The third-order valence-corrected chi connectivity index (χ3v) is 1.57. The summed E-state index contributed by atoms with van der Waals surface area (Å²) in [6.07, 6.45) is 2.57. The largest absolute Gasteiger partial charge is 0.383 e.